The van der Waals surface area contributed by atoms with E-state index < -0.39 is 0 Å². The molecule has 1 amide bonds. The molecule has 4 nitrogen and oxygen atoms in total. The summed E-state index contributed by atoms with van der Waals surface area (Å²) >= 11 is 3.45. The van der Waals surface area contributed by atoms with Crippen molar-refractivity contribution in [3.8, 4) is 11.5 Å². The largest absolute Gasteiger partial charge is 0.486 e. The summed E-state index contributed by atoms with van der Waals surface area (Å²) in [4.78, 5) is 12.3. The Hall–Kier alpha value is -2.01. The molecule has 0 aromatic heterocycles. The second kappa shape index (κ2) is 5.77. The van der Waals surface area contributed by atoms with Crippen LogP contribution in [0.4, 0.5) is 5.69 Å². The smallest absolute Gasteiger partial charge is 0.255 e. The van der Waals surface area contributed by atoms with Crippen molar-refractivity contribution in [1.82, 2.24) is 0 Å². The number of benzene rings is 2. The Balaban J connectivity index is 1.82. The van der Waals surface area contributed by atoms with E-state index in [4.69, 9.17) is 9.47 Å². The highest BCUT2D eigenvalue weighted by atomic mass is 79.9. The van der Waals surface area contributed by atoms with E-state index in [1.165, 1.54) is 0 Å². The molecule has 2 aromatic rings. The number of aryl methyl sites for hydroxylation is 1. The Labute approximate surface area is 131 Å². The van der Waals surface area contributed by atoms with Gasteiger partial charge >= 0.3 is 0 Å². The van der Waals surface area contributed by atoms with E-state index in [1.807, 2.05) is 25.1 Å². The molecule has 1 aliphatic heterocycles. The fraction of sp³-hybridized carbons (Fsp3) is 0.188. The van der Waals surface area contributed by atoms with E-state index in [-0.39, 0.29) is 5.91 Å². The molecule has 0 spiro atoms. The maximum atomic E-state index is 12.3. The van der Waals surface area contributed by atoms with Crippen molar-refractivity contribution in [2.45, 2.75) is 6.92 Å². The van der Waals surface area contributed by atoms with Gasteiger partial charge < -0.3 is 14.8 Å². The quantitative estimate of drug-likeness (QED) is 0.899. The van der Waals surface area contributed by atoms with Crippen LogP contribution < -0.4 is 14.8 Å². The van der Waals surface area contributed by atoms with Crippen LogP contribution >= 0.6 is 15.9 Å². The Kier molecular flexibility index (Phi) is 3.84. The molecule has 1 aliphatic rings. The van der Waals surface area contributed by atoms with Gasteiger partial charge in [0.15, 0.2) is 11.5 Å². The third kappa shape index (κ3) is 3.03. The van der Waals surface area contributed by atoms with Gasteiger partial charge in [-0.2, -0.15) is 0 Å². The average Bonchev–Trinajstić information content (AvgIpc) is 2.49. The van der Waals surface area contributed by atoms with Crippen LogP contribution in [-0.2, 0) is 0 Å². The minimum absolute atomic E-state index is 0.184. The molecule has 5 heteroatoms. The van der Waals surface area contributed by atoms with Crippen molar-refractivity contribution >= 4 is 27.5 Å². The Morgan fingerprint density at radius 3 is 2.62 bits per heavy atom. The number of carbonyl (C=O) groups is 1. The molecule has 1 N–H and O–H groups in total. The Bertz CT molecular complexity index is 700. The molecule has 3 rings (SSSR count). The van der Waals surface area contributed by atoms with Gasteiger partial charge in [-0.05, 0) is 58.7 Å². The number of nitrogens with one attached hydrogen (secondary N) is 1. The standard InChI is InChI=1S/C16H14BrNO3/c1-10-2-4-13(12(17)8-10)18-16(19)11-3-5-14-15(9-11)21-7-6-20-14/h2-5,8-9H,6-7H2,1H3,(H,18,19). The number of halogens is 1. The second-order valence-corrected chi connectivity index (χ2v) is 5.65. The van der Waals surface area contributed by atoms with Crippen LogP contribution in [-0.4, -0.2) is 19.1 Å². The number of anilines is 1. The average molecular weight is 348 g/mol. The molecule has 108 valence electrons. The van der Waals surface area contributed by atoms with Gasteiger partial charge in [0.05, 0.1) is 5.69 Å². The van der Waals surface area contributed by atoms with Gasteiger partial charge in [-0.1, -0.05) is 6.07 Å². The summed E-state index contributed by atoms with van der Waals surface area (Å²) in [6, 6.07) is 11.0. The molecular weight excluding hydrogens is 334 g/mol. The van der Waals surface area contributed by atoms with Crippen molar-refractivity contribution in [1.29, 1.82) is 0 Å². The maximum absolute atomic E-state index is 12.3. The molecule has 1 heterocycles. The minimum atomic E-state index is -0.184. The third-order valence-corrected chi connectivity index (χ3v) is 3.83. The maximum Gasteiger partial charge on any atom is 0.255 e. The van der Waals surface area contributed by atoms with Gasteiger partial charge in [-0.25, -0.2) is 0 Å². The normalized spacial score (nSPS) is 12.9. The van der Waals surface area contributed by atoms with Crippen LogP contribution in [0, 0.1) is 6.92 Å². The lowest BCUT2D eigenvalue weighted by Crippen LogP contribution is -2.17. The molecular formula is C16H14BrNO3. The zero-order valence-corrected chi connectivity index (χ0v) is 13.1. The lowest BCUT2D eigenvalue weighted by Gasteiger charge is -2.18. The van der Waals surface area contributed by atoms with Gasteiger partial charge in [0.2, 0.25) is 0 Å². The van der Waals surface area contributed by atoms with Crippen molar-refractivity contribution in [2.24, 2.45) is 0 Å². The summed E-state index contributed by atoms with van der Waals surface area (Å²) < 4.78 is 11.8. The SMILES string of the molecule is Cc1ccc(NC(=O)c2ccc3c(c2)OCCO3)c(Br)c1. The van der Waals surface area contributed by atoms with Crippen LogP contribution in [0.15, 0.2) is 40.9 Å². The molecule has 0 saturated carbocycles. The molecule has 0 aliphatic carbocycles. The first-order valence-corrected chi connectivity index (χ1v) is 7.40. The first-order chi connectivity index (χ1) is 10.1. The van der Waals surface area contributed by atoms with Crippen LogP contribution in [0.5, 0.6) is 11.5 Å². The lowest BCUT2D eigenvalue weighted by molar-refractivity contribution is 0.102. The van der Waals surface area contributed by atoms with E-state index in [0.717, 1.165) is 15.7 Å². The topological polar surface area (TPSA) is 47.6 Å². The lowest BCUT2D eigenvalue weighted by atomic mass is 10.1. The third-order valence-electron chi connectivity index (χ3n) is 3.18. The van der Waals surface area contributed by atoms with E-state index in [9.17, 15) is 4.79 Å². The van der Waals surface area contributed by atoms with E-state index >= 15 is 0 Å². The highest BCUT2D eigenvalue weighted by Gasteiger charge is 2.15. The number of hydrogen-bond donors (Lipinski definition) is 1. The van der Waals surface area contributed by atoms with E-state index in [1.54, 1.807) is 18.2 Å². The van der Waals surface area contributed by atoms with E-state index in [2.05, 4.69) is 21.2 Å². The molecule has 0 fully saturated rings. The van der Waals surface area contributed by atoms with Crippen molar-refractivity contribution < 1.29 is 14.3 Å². The fourth-order valence-corrected chi connectivity index (χ4v) is 2.69. The first kappa shape index (κ1) is 13.9. The monoisotopic (exact) mass is 347 g/mol. The van der Waals surface area contributed by atoms with Crippen molar-refractivity contribution in [2.75, 3.05) is 18.5 Å². The number of amides is 1. The zero-order chi connectivity index (χ0) is 14.8. The summed E-state index contributed by atoms with van der Waals surface area (Å²) in [7, 11) is 0. The fourth-order valence-electron chi connectivity index (χ4n) is 2.10. The molecule has 0 bridgehead atoms. The van der Waals surface area contributed by atoms with Crippen LogP contribution in [0.25, 0.3) is 0 Å². The first-order valence-electron chi connectivity index (χ1n) is 6.60. The summed E-state index contributed by atoms with van der Waals surface area (Å²) in [6.45, 7) is 3.04. The van der Waals surface area contributed by atoms with Gasteiger partial charge in [-0.15, -0.1) is 0 Å². The van der Waals surface area contributed by atoms with Crippen molar-refractivity contribution in [3.63, 3.8) is 0 Å². The number of carbonyl (C=O) groups excluding carboxylic acids is 1. The Morgan fingerprint density at radius 1 is 1.10 bits per heavy atom. The molecule has 21 heavy (non-hydrogen) atoms. The van der Waals surface area contributed by atoms with Gasteiger partial charge in [0.1, 0.15) is 13.2 Å². The van der Waals surface area contributed by atoms with Gasteiger partial charge in [0.25, 0.3) is 5.91 Å². The Morgan fingerprint density at radius 2 is 1.86 bits per heavy atom. The number of hydrogen-bond acceptors (Lipinski definition) is 3. The number of rotatable bonds is 2. The molecule has 2 aromatic carbocycles. The summed E-state index contributed by atoms with van der Waals surface area (Å²) in [5.41, 5.74) is 2.39. The number of ether oxygens (including phenoxy) is 2. The molecule has 0 atom stereocenters. The predicted molar refractivity (Wildman–Crippen MR) is 84.3 cm³/mol. The van der Waals surface area contributed by atoms with E-state index in [0.29, 0.717) is 30.3 Å². The second-order valence-electron chi connectivity index (χ2n) is 4.80. The minimum Gasteiger partial charge on any atom is -0.486 e. The van der Waals surface area contributed by atoms with Gasteiger partial charge in [-0.3, -0.25) is 4.79 Å². The molecule has 0 saturated heterocycles. The number of fused-ring (bicyclic) bond motifs is 1. The van der Waals surface area contributed by atoms with Crippen LogP contribution in [0.2, 0.25) is 0 Å². The summed E-state index contributed by atoms with van der Waals surface area (Å²) in [5, 5.41) is 2.88. The highest BCUT2D eigenvalue weighted by Crippen LogP contribution is 2.31. The summed E-state index contributed by atoms with van der Waals surface area (Å²) in [5.74, 6) is 1.10. The van der Waals surface area contributed by atoms with Crippen LogP contribution in [0.1, 0.15) is 15.9 Å². The predicted octanol–water partition coefficient (Wildman–Crippen LogP) is 3.78. The zero-order valence-electron chi connectivity index (χ0n) is 11.5. The highest BCUT2D eigenvalue weighted by molar-refractivity contribution is 9.10. The molecule has 0 radical (unpaired) electrons. The summed E-state index contributed by atoms with van der Waals surface area (Å²) in [6.07, 6.45) is 0. The van der Waals surface area contributed by atoms with Gasteiger partial charge in [0, 0.05) is 10.0 Å². The van der Waals surface area contributed by atoms with Crippen LogP contribution in [0.3, 0.4) is 0 Å². The molecule has 0 unspecified atom stereocenters. The van der Waals surface area contributed by atoms with Crippen molar-refractivity contribution in [3.05, 3.63) is 52.0 Å².